The highest BCUT2D eigenvalue weighted by atomic mass is 35.5. The molecule has 0 spiro atoms. The molecule has 1 N–H and O–H groups in total. The number of hydrogen-bond donors (Lipinski definition) is 1. The predicted molar refractivity (Wildman–Crippen MR) is 80.4 cm³/mol. The largest absolute Gasteiger partial charge is 0.396 e. The first-order valence-electron chi connectivity index (χ1n) is 7.62. The summed E-state index contributed by atoms with van der Waals surface area (Å²) < 4.78 is 0. The molecular formula is C15H22ClN3O. The summed E-state index contributed by atoms with van der Waals surface area (Å²) in [4.78, 5) is 11.6. The van der Waals surface area contributed by atoms with E-state index >= 15 is 0 Å². The third-order valence-electron chi connectivity index (χ3n) is 4.37. The zero-order valence-electron chi connectivity index (χ0n) is 12.0. The van der Waals surface area contributed by atoms with Gasteiger partial charge in [0.15, 0.2) is 0 Å². The Labute approximate surface area is 125 Å². The molecule has 5 heteroatoms. The molecule has 2 fully saturated rings. The molecule has 1 saturated heterocycles. The summed E-state index contributed by atoms with van der Waals surface area (Å²) >= 11 is 6.30. The standard InChI is InChI=1S/C15H22ClN3O/c1-10-13(16)17-14(11-6-7-11)18-15(10)19-8-2-4-12(19)5-3-9-20/h11-12,20H,2-9H2,1H3. The molecule has 0 amide bonds. The molecule has 3 rings (SSSR count). The van der Waals surface area contributed by atoms with Gasteiger partial charge in [-0.2, -0.15) is 0 Å². The van der Waals surface area contributed by atoms with Crippen molar-refractivity contribution in [1.82, 2.24) is 9.97 Å². The van der Waals surface area contributed by atoms with E-state index in [4.69, 9.17) is 21.7 Å². The number of halogens is 1. The van der Waals surface area contributed by atoms with Crippen molar-refractivity contribution in [1.29, 1.82) is 0 Å². The van der Waals surface area contributed by atoms with Gasteiger partial charge in [-0.3, -0.25) is 0 Å². The average molecular weight is 296 g/mol. The quantitative estimate of drug-likeness (QED) is 0.848. The Morgan fingerprint density at radius 2 is 2.10 bits per heavy atom. The van der Waals surface area contributed by atoms with Gasteiger partial charge in [0.2, 0.25) is 0 Å². The zero-order valence-corrected chi connectivity index (χ0v) is 12.7. The normalized spacial score (nSPS) is 22.6. The molecule has 0 aromatic carbocycles. The van der Waals surface area contributed by atoms with Crippen molar-refractivity contribution >= 4 is 17.4 Å². The van der Waals surface area contributed by atoms with Crippen LogP contribution in [0.15, 0.2) is 0 Å². The van der Waals surface area contributed by atoms with Crippen molar-refractivity contribution in [2.75, 3.05) is 18.1 Å². The minimum atomic E-state index is 0.265. The summed E-state index contributed by atoms with van der Waals surface area (Å²) in [6.07, 6.45) is 6.63. The molecule has 1 unspecified atom stereocenters. The molecule has 20 heavy (non-hydrogen) atoms. The van der Waals surface area contributed by atoms with E-state index in [1.165, 1.54) is 25.7 Å². The Balaban J connectivity index is 1.87. The van der Waals surface area contributed by atoms with Crippen molar-refractivity contribution in [3.8, 4) is 0 Å². The minimum absolute atomic E-state index is 0.265. The lowest BCUT2D eigenvalue weighted by atomic mass is 10.1. The second-order valence-corrected chi connectivity index (χ2v) is 6.31. The van der Waals surface area contributed by atoms with E-state index in [0.717, 1.165) is 36.6 Å². The van der Waals surface area contributed by atoms with Gasteiger partial charge in [0.25, 0.3) is 0 Å². The smallest absolute Gasteiger partial charge is 0.137 e. The number of nitrogens with zero attached hydrogens (tertiary/aromatic N) is 3. The van der Waals surface area contributed by atoms with Crippen molar-refractivity contribution < 1.29 is 5.11 Å². The maximum Gasteiger partial charge on any atom is 0.137 e. The average Bonchev–Trinajstić information content (AvgIpc) is 3.19. The van der Waals surface area contributed by atoms with E-state index in [-0.39, 0.29) is 6.61 Å². The highest BCUT2D eigenvalue weighted by Crippen LogP contribution is 2.40. The molecule has 0 bridgehead atoms. The fourth-order valence-corrected chi connectivity index (χ4v) is 3.21. The summed E-state index contributed by atoms with van der Waals surface area (Å²) in [5.41, 5.74) is 0.993. The first kappa shape index (κ1) is 14.1. The van der Waals surface area contributed by atoms with Gasteiger partial charge in [-0.1, -0.05) is 11.6 Å². The number of anilines is 1. The van der Waals surface area contributed by atoms with Crippen LogP contribution in [0.2, 0.25) is 5.15 Å². The van der Waals surface area contributed by atoms with Crippen LogP contribution in [0.5, 0.6) is 0 Å². The Hall–Kier alpha value is -0.870. The molecule has 1 aliphatic heterocycles. The summed E-state index contributed by atoms with van der Waals surface area (Å²) in [6, 6.07) is 0.485. The van der Waals surface area contributed by atoms with Crippen molar-refractivity contribution in [3.05, 3.63) is 16.5 Å². The van der Waals surface area contributed by atoms with Gasteiger partial charge in [-0.15, -0.1) is 0 Å². The van der Waals surface area contributed by atoms with Crippen LogP contribution in [0.25, 0.3) is 0 Å². The molecule has 2 aliphatic rings. The molecule has 1 saturated carbocycles. The van der Waals surface area contributed by atoms with E-state index in [0.29, 0.717) is 17.1 Å². The number of aliphatic hydroxyl groups is 1. The maximum absolute atomic E-state index is 9.04. The van der Waals surface area contributed by atoms with Gasteiger partial charge in [-0.05, 0) is 45.4 Å². The molecule has 1 aliphatic carbocycles. The van der Waals surface area contributed by atoms with Crippen LogP contribution in [0.3, 0.4) is 0 Å². The number of aliphatic hydroxyl groups excluding tert-OH is 1. The minimum Gasteiger partial charge on any atom is -0.396 e. The number of aromatic nitrogens is 2. The fraction of sp³-hybridized carbons (Fsp3) is 0.733. The molecular weight excluding hydrogens is 274 g/mol. The third-order valence-corrected chi connectivity index (χ3v) is 4.73. The van der Waals surface area contributed by atoms with Crippen molar-refractivity contribution in [2.24, 2.45) is 0 Å². The maximum atomic E-state index is 9.04. The summed E-state index contributed by atoms with van der Waals surface area (Å²) in [5, 5.41) is 9.64. The van der Waals surface area contributed by atoms with Gasteiger partial charge in [0.1, 0.15) is 16.8 Å². The molecule has 1 aromatic heterocycles. The van der Waals surface area contributed by atoms with Crippen LogP contribution in [-0.4, -0.2) is 34.3 Å². The lowest BCUT2D eigenvalue weighted by Crippen LogP contribution is -2.31. The lowest BCUT2D eigenvalue weighted by Gasteiger charge is -2.27. The molecule has 1 aromatic rings. The monoisotopic (exact) mass is 295 g/mol. The van der Waals surface area contributed by atoms with E-state index in [2.05, 4.69) is 9.88 Å². The van der Waals surface area contributed by atoms with Crippen molar-refractivity contribution in [3.63, 3.8) is 0 Å². The molecule has 110 valence electrons. The first-order chi connectivity index (χ1) is 9.70. The lowest BCUT2D eigenvalue weighted by molar-refractivity contribution is 0.279. The first-order valence-corrected chi connectivity index (χ1v) is 8.00. The second-order valence-electron chi connectivity index (χ2n) is 5.95. The van der Waals surface area contributed by atoms with E-state index in [9.17, 15) is 0 Å². The van der Waals surface area contributed by atoms with Gasteiger partial charge >= 0.3 is 0 Å². The zero-order chi connectivity index (χ0) is 14.1. The number of hydrogen-bond acceptors (Lipinski definition) is 4. The van der Waals surface area contributed by atoms with Crippen LogP contribution in [0, 0.1) is 6.92 Å². The Kier molecular flexibility index (Phi) is 4.13. The van der Waals surface area contributed by atoms with Crippen LogP contribution in [-0.2, 0) is 0 Å². The van der Waals surface area contributed by atoms with E-state index in [1.54, 1.807) is 0 Å². The molecule has 4 nitrogen and oxygen atoms in total. The highest BCUT2D eigenvalue weighted by Gasteiger charge is 2.31. The van der Waals surface area contributed by atoms with Gasteiger partial charge in [0.05, 0.1) is 0 Å². The molecule has 0 radical (unpaired) electrons. The molecule has 2 heterocycles. The number of rotatable bonds is 5. The Bertz CT molecular complexity index is 490. The van der Waals surface area contributed by atoms with Gasteiger partial charge in [-0.25, -0.2) is 9.97 Å². The Morgan fingerprint density at radius 3 is 2.80 bits per heavy atom. The van der Waals surface area contributed by atoms with Gasteiger partial charge < -0.3 is 10.0 Å². The van der Waals surface area contributed by atoms with Crippen LogP contribution in [0.1, 0.15) is 55.8 Å². The van der Waals surface area contributed by atoms with Crippen molar-refractivity contribution in [2.45, 2.75) is 57.4 Å². The van der Waals surface area contributed by atoms with E-state index in [1.807, 2.05) is 6.92 Å². The topological polar surface area (TPSA) is 49.2 Å². The summed E-state index contributed by atoms with van der Waals surface area (Å²) in [7, 11) is 0. The van der Waals surface area contributed by atoms with E-state index < -0.39 is 0 Å². The van der Waals surface area contributed by atoms with Crippen LogP contribution < -0.4 is 4.90 Å². The van der Waals surface area contributed by atoms with Crippen LogP contribution in [0.4, 0.5) is 5.82 Å². The Morgan fingerprint density at radius 1 is 1.30 bits per heavy atom. The predicted octanol–water partition coefficient (Wildman–Crippen LogP) is 3.06. The molecule has 1 atom stereocenters. The highest BCUT2D eigenvalue weighted by molar-refractivity contribution is 6.30. The fourth-order valence-electron chi connectivity index (χ4n) is 3.04. The third kappa shape index (κ3) is 2.77. The summed E-state index contributed by atoms with van der Waals surface area (Å²) in [5.74, 6) is 2.46. The van der Waals surface area contributed by atoms with Crippen LogP contribution >= 0.6 is 11.6 Å². The second kappa shape index (κ2) is 5.86. The van der Waals surface area contributed by atoms with Gasteiger partial charge in [0, 0.05) is 30.7 Å². The SMILES string of the molecule is Cc1c(Cl)nc(C2CC2)nc1N1CCCC1CCCO. The summed E-state index contributed by atoms with van der Waals surface area (Å²) in [6.45, 7) is 3.31.